The first kappa shape index (κ1) is 13.7. The smallest absolute Gasteiger partial charge is 0.319 e. The summed E-state index contributed by atoms with van der Waals surface area (Å²) in [6.45, 7) is 0. The average Bonchev–Trinajstić information content (AvgIpc) is 2.30. The van der Waals surface area contributed by atoms with Crippen molar-refractivity contribution in [3.63, 3.8) is 0 Å². The largest absolute Gasteiger partial charge is 0.468 e. The predicted octanol–water partition coefficient (Wildman–Crippen LogP) is 3.71. The molecule has 0 spiro atoms. The van der Waals surface area contributed by atoms with Crippen LogP contribution < -0.4 is 0 Å². The van der Waals surface area contributed by atoms with Gasteiger partial charge in [0.25, 0.3) is 0 Å². The summed E-state index contributed by atoms with van der Waals surface area (Å²) in [5.41, 5.74) is 1.28. The highest BCUT2D eigenvalue weighted by atomic mass is 79.9. The molecule has 0 aliphatic carbocycles. The highest BCUT2D eigenvalue weighted by molar-refractivity contribution is 9.10. The standard InChI is InChI=1S/C12H14Br2O2/c1-16-12(15)11(14)4-2-3-9-5-7-10(13)8-6-9/h5-8,11H,2-4H2,1H3. The lowest BCUT2D eigenvalue weighted by Gasteiger charge is -2.07. The van der Waals surface area contributed by atoms with Crippen molar-refractivity contribution in [2.45, 2.75) is 24.1 Å². The highest BCUT2D eigenvalue weighted by Gasteiger charge is 2.13. The number of methoxy groups -OCH3 is 1. The normalized spacial score (nSPS) is 12.2. The fourth-order valence-corrected chi connectivity index (χ4v) is 2.16. The third-order valence-corrected chi connectivity index (χ3v) is 3.65. The molecule has 1 unspecified atom stereocenters. The van der Waals surface area contributed by atoms with Crippen molar-refractivity contribution in [2.75, 3.05) is 7.11 Å². The molecule has 1 aromatic rings. The Labute approximate surface area is 113 Å². The summed E-state index contributed by atoms with van der Waals surface area (Å²) in [7, 11) is 1.41. The minimum Gasteiger partial charge on any atom is -0.468 e. The zero-order valence-electron chi connectivity index (χ0n) is 9.08. The summed E-state index contributed by atoms with van der Waals surface area (Å²) in [4.78, 5) is 10.9. The molecule has 16 heavy (non-hydrogen) atoms. The van der Waals surface area contributed by atoms with Gasteiger partial charge in [-0.2, -0.15) is 0 Å². The first-order valence-corrected chi connectivity index (χ1v) is 6.80. The van der Waals surface area contributed by atoms with E-state index >= 15 is 0 Å². The van der Waals surface area contributed by atoms with Crippen LogP contribution in [0.25, 0.3) is 0 Å². The number of aryl methyl sites for hydroxylation is 1. The molecule has 2 nitrogen and oxygen atoms in total. The van der Waals surface area contributed by atoms with Gasteiger partial charge in [-0.05, 0) is 37.0 Å². The summed E-state index contributed by atoms with van der Waals surface area (Å²) in [6, 6.07) is 8.24. The minimum absolute atomic E-state index is 0.187. The Morgan fingerprint density at radius 3 is 2.56 bits per heavy atom. The van der Waals surface area contributed by atoms with Crippen LogP contribution in [0.15, 0.2) is 28.7 Å². The molecule has 1 atom stereocenters. The lowest BCUT2D eigenvalue weighted by atomic mass is 10.1. The Hall–Kier alpha value is -0.350. The molecular weight excluding hydrogens is 336 g/mol. The van der Waals surface area contributed by atoms with Gasteiger partial charge >= 0.3 is 5.97 Å². The topological polar surface area (TPSA) is 26.3 Å². The zero-order valence-corrected chi connectivity index (χ0v) is 12.3. The van der Waals surface area contributed by atoms with Crippen LogP contribution in [-0.2, 0) is 16.0 Å². The monoisotopic (exact) mass is 348 g/mol. The number of hydrogen-bond acceptors (Lipinski definition) is 2. The van der Waals surface area contributed by atoms with Gasteiger partial charge in [-0.1, -0.05) is 44.0 Å². The second kappa shape index (κ2) is 7.07. The van der Waals surface area contributed by atoms with Crippen LogP contribution in [-0.4, -0.2) is 17.9 Å². The lowest BCUT2D eigenvalue weighted by molar-refractivity contribution is -0.139. The van der Waals surface area contributed by atoms with Crippen LogP contribution in [0.1, 0.15) is 18.4 Å². The molecule has 0 saturated carbocycles. The van der Waals surface area contributed by atoms with E-state index in [0.29, 0.717) is 0 Å². The number of rotatable bonds is 5. The second-order valence-electron chi connectivity index (χ2n) is 3.51. The molecule has 0 fully saturated rings. The Kier molecular flexibility index (Phi) is 6.06. The predicted molar refractivity (Wildman–Crippen MR) is 71.8 cm³/mol. The maximum Gasteiger partial charge on any atom is 0.319 e. The number of alkyl halides is 1. The third-order valence-electron chi connectivity index (χ3n) is 2.29. The molecule has 0 heterocycles. The molecule has 0 saturated heterocycles. The molecule has 0 aliphatic heterocycles. The lowest BCUT2D eigenvalue weighted by Crippen LogP contribution is -2.15. The molecule has 0 bridgehead atoms. The number of carbonyl (C=O) groups excluding carboxylic acids is 1. The summed E-state index contributed by atoms with van der Waals surface area (Å²) in [5, 5.41) is 0. The summed E-state index contributed by atoms with van der Waals surface area (Å²) < 4.78 is 5.73. The second-order valence-corrected chi connectivity index (χ2v) is 5.53. The van der Waals surface area contributed by atoms with E-state index in [1.807, 2.05) is 12.1 Å². The van der Waals surface area contributed by atoms with Crippen molar-refractivity contribution >= 4 is 37.8 Å². The maximum atomic E-state index is 11.1. The number of benzene rings is 1. The van der Waals surface area contributed by atoms with Crippen LogP contribution >= 0.6 is 31.9 Å². The van der Waals surface area contributed by atoms with Gasteiger partial charge in [-0.15, -0.1) is 0 Å². The van der Waals surface area contributed by atoms with Gasteiger partial charge < -0.3 is 4.74 Å². The molecule has 1 rings (SSSR count). The first-order chi connectivity index (χ1) is 7.63. The van der Waals surface area contributed by atoms with Gasteiger partial charge in [-0.3, -0.25) is 4.79 Å². The van der Waals surface area contributed by atoms with Gasteiger partial charge in [0.1, 0.15) is 4.83 Å². The van der Waals surface area contributed by atoms with Crippen LogP contribution in [0.5, 0.6) is 0 Å². The van der Waals surface area contributed by atoms with Gasteiger partial charge in [0, 0.05) is 4.47 Å². The quantitative estimate of drug-likeness (QED) is 0.598. The van der Waals surface area contributed by atoms with Crippen molar-refractivity contribution in [3.05, 3.63) is 34.3 Å². The number of esters is 1. The number of hydrogen-bond donors (Lipinski definition) is 0. The summed E-state index contributed by atoms with van der Waals surface area (Å²) in [5.74, 6) is -0.198. The van der Waals surface area contributed by atoms with Gasteiger partial charge in [-0.25, -0.2) is 0 Å². The van der Waals surface area contributed by atoms with Gasteiger partial charge in [0.2, 0.25) is 0 Å². The summed E-state index contributed by atoms with van der Waals surface area (Å²) in [6.07, 6.45) is 2.74. The number of ether oxygens (including phenoxy) is 1. The van der Waals surface area contributed by atoms with Crippen molar-refractivity contribution in [1.82, 2.24) is 0 Å². The van der Waals surface area contributed by atoms with Crippen LogP contribution in [0.4, 0.5) is 0 Å². The molecule has 0 aliphatic rings. The molecule has 0 radical (unpaired) electrons. The van der Waals surface area contributed by atoms with Gasteiger partial charge in [0.05, 0.1) is 7.11 Å². The van der Waals surface area contributed by atoms with E-state index in [0.717, 1.165) is 23.7 Å². The van der Waals surface area contributed by atoms with E-state index in [-0.39, 0.29) is 10.8 Å². The fourth-order valence-electron chi connectivity index (χ4n) is 1.38. The van der Waals surface area contributed by atoms with Crippen molar-refractivity contribution in [2.24, 2.45) is 0 Å². The Bertz CT molecular complexity index is 335. The summed E-state index contributed by atoms with van der Waals surface area (Å²) >= 11 is 6.70. The minimum atomic E-state index is -0.198. The molecule has 88 valence electrons. The zero-order chi connectivity index (χ0) is 12.0. The van der Waals surface area contributed by atoms with Crippen molar-refractivity contribution in [3.8, 4) is 0 Å². The third kappa shape index (κ3) is 4.66. The average molecular weight is 350 g/mol. The maximum absolute atomic E-state index is 11.1. The van der Waals surface area contributed by atoms with E-state index < -0.39 is 0 Å². The number of halogens is 2. The van der Waals surface area contributed by atoms with Crippen molar-refractivity contribution in [1.29, 1.82) is 0 Å². The molecule has 0 N–H and O–H groups in total. The number of carbonyl (C=O) groups is 1. The van der Waals surface area contributed by atoms with E-state index in [2.05, 4.69) is 48.7 Å². The Morgan fingerprint density at radius 2 is 2.00 bits per heavy atom. The van der Waals surface area contributed by atoms with E-state index in [4.69, 9.17) is 0 Å². The van der Waals surface area contributed by atoms with Crippen LogP contribution in [0.2, 0.25) is 0 Å². The molecule has 0 amide bonds. The van der Waals surface area contributed by atoms with E-state index in [1.165, 1.54) is 12.7 Å². The molecule has 1 aromatic carbocycles. The SMILES string of the molecule is COC(=O)C(Br)CCCc1ccc(Br)cc1. The van der Waals surface area contributed by atoms with Crippen LogP contribution in [0, 0.1) is 0 Å². The van der Waals surface area contributed by atoms with Crippen molar-refractivity contribution < 1.29 is 9.53 Å². The highest BCUT2D eigenvalue weighted by Crippen LogP contribution is 2.15. The Balaban J connectivity index is 2.30. The molecule has 0 aromatic heterocycles. The first-order valence-electron chi connectivity index (χ1n) is 5.10. The fraction of sp³-hybridized carbons (Fsp3) is 0.417. The Morgan fingerprint density at radius 1 is 1.38 bits per heavy atom. The molecule has 4 heteroatoms. The van der Waals surface area contributed by atoms with Crippen LogP contribution in [0.3, 0.4) is 0 Å². The molecular formula is C12H14Br2O2. The van der Waals surface area contributed by atoms with E-state index in [1.54, 1.807) is 0 Å². The van der Waals surface area contributed by atoms with E-state index in [9.17, 15) is 4.79 Å². The van der Waals surface area contributed by atoms with Gasteiger partial charge in [0.15, 0.2) is 0 Å².